The third-order valence-electron chi connectivity index (χ3n) is 5.66. The molecular weight excluding hydrogens is 436 g/mol. The van der Waals surface area contributed by atoms with Crippen LogP contribution in [0.2, 0.25) is 0 Å². The van der Waals surface area contributed by atoms with Crippen LogP contribution in [0.1, 0.15) is 46.5 Å². The summed E-state index contributed by atoms with van der Waals surface area (Å²) < 4.78 is 28.5. The highest BCUT2D eigenvalue weighted by molar-refractivity contribution is 6.15. The summed E-state index contributed by atoms with van der Waals surface area (Å²) in [6.07, 6.45) is 3.12. The molecule has 1 atom stereocenters. The molecule has 172 valence electrons. The van der Waals surface area contributed by atoms with Crippen molar-refractivity contribution < 1.29 is 33.0 Å². The zero-order valence-electron chi connectivity index (χ0n) is 18.8. The fourth-order valence-electron chi connectivity index (χ4n) is 4.19. The number of benzene rings is 2. The molecule has 0 aliphatic carbocycles. The number of esters is 1. The average Bonchev–Trinajstić information content (AvgIpc) is 3.45. The Morgan fingerprint density at radius 3 is 2.74 bits per heavy atom. The Bertz CT molecular complexity index is 1330. The summed E-state index contributed by atoms with van der Waals surface area (Å²) in [6.45, 7) is 6.05. The van der Waals surface area contributed by atoms with Crippen LogP contribution in [-0.4, -0.2) is 25.5 Å². The van der Waals surface area contributed by atoms with Gasteiger partial charge in [0.05, 0.1) is 25.4 Å². The molecule has 2 aliphatic rings. The lowest BCUT2D eigenvalue weighted by Crippen LogP contribution is -2.22. The first kappa shape index (κ1) is 21.6. The van der Waals surface area contributed by atoms with Gasteiger partial charge in [-0.3, -0.25) is 9.59 Å². The second-order valence-electron chi connectivity index (χ2n) is 8.16. The van der Waals surface area contributed by atoms with Crippen molar-refractivity contribution in [3.05, 3.63) is 89.1 Å². The number of ketones is 1. The predicted molar refractivity (Wildman–Crippen MR) is 123 cm³/mol. The van der Waals surface area contributed by atoms with Crippen LogP contribution in [0.15, 0.2) is 71.1 Å². The fraction of sp³-hybridized carbons (Fsp3) is 0.185. The molecule has 0 N–H and O–H groups in total. The highest BCUT2D eigenvalue weighted by Crippen LogP contribution is 2.51. The van der Waals surface area contributed by atoms with Gasteiger partial charge in [-0.15, -0.1) is 0 Å². The topological polar surface area (TPSA) is 84.2 Å². The first-order valence-corrected chi connectivity index (χ1v) is 10.8. The Labute approximate surface area is 196 Å². The molecule has 7 nitrogen and oxygen atoms in total. The van der Waals surface area contributed by atoms with Crippen LogP contribution in [0.5, 0.6) is 23.0 Å². The highest BCUT2D eigenvalue weighted by atomic mass is 16.5. The van der Waals surface area contributed by atoms with Crippen LogP contribution in [0.4, 0.5) is 0 Å². The van der Waals surface area contributed by atoms with Crippen molar-refractivity contribution in [2.24, 2.45) is 0 Å². The van der Waals surface area contributed by atoms with Gasteiger partial charge in [0, 0.05) is 23.1 Å². The van der Waals surface area contributed by atoms with E-state index in [1.807, 2.05) is 19.1 Å². The van der Waals surface area contributed by atoms with Gasteiger partial charge in [0.15, 0.2) is 17.3 Å². The maximum Gasteiger partial charge on any atom is 0.312 e. The van der Waals surface area contributed by atoms with Crippen molar-refractivity contribution in [1.82, 2.24) is 0 Å². The van der Waals surface area contributed by atoms with Crippen LogP contribution in [0.25, 0.3) is 6.08 Å². The minimum atomic E-state index is -0.475. The van der Waals surface area contributed by atoms with Crippen molar-refractivity contribution in [3.63, 3.8) is 0 Å². The molecular formula is C27H22O7. The van der Waals surface area contributed by atoms with E-state index in [1.165, 1.54) is 6.26 Å². The van der Waals surface area contributed by atoms with E-state index >= 15 is 0 Å². The first-order valence-electron chi connectivity index (χ1n) is 10.8. The van der Waals surface area contributed by atoms with Crippen LogP contribution >= 0.6 is 0 Å². The smallest absolute Gasteiger partial charge is 0.312 e. The van der Waals surface area contributed by atoms with Crippen LogP contribution in [-0.2, 0) is 4.79 Å². The third kappa shape index (κ3) is 3.75. The van der Waals surface area contributed by atoms with Crippen LogP contribution < -0.4 is 18.9 Å². The van der Waals surface area contributed by atoms with Gasteiger partial charge >= 0.3 is 5.97 Å². The number of rotatable bonds is 6. The Morgan fingerprint density at radius 1 is 1.15 bits per heavy atom. The summed E-state index contributed by atoms with van der Waals surface area (Å²) in [4.78, 5) is 25.6. The standard InChI is InChI=1S/C27H22O7/c1-15(2)14-32-26-17(7-4-8-21(26)30-3)19-13-23(28)33-20-10-9-18-25(29)22(34-27(18)24(19)20)12-16-6-5-11-31-16/h4-12,19H,1,13-14H2,2-3H3. The molecule has 5 rings (SSSR count). The van der Waals surface area contributed by atoms with Crippen molar-refractivity contribution in [3.8, 4) is 23.0 Å². The lowest BCUT2D eigenvalue weighted by Gasteiger charge is -2.28. The van der Waals surface area contributed by atoms with E-state index in [0.29, 0.717) is 39.9 Å². The van der Waals surface area contributed by atoms with Gasteiger partial charge in [0.2, 0.25) is 5.78 Å². The number of Topliss-reactive ketones (excluding diaryl/α,β-unsaturated/α-hetero) is 1. The Morgan fingerprint density at radius 2 is 2.00 bits per heavy atom. The molecule has 2 aromatic carbocycles. The molecule has 0 fully saturated rings. The number of hydrogen-bond acceptors (Lipinski definition) is 7. The zero-order valence-corrected chi connectivity index (χ0v) is 18.8. The number of carbonyl (C=O) groups is 2. The zero-order chi connectivity index (χ0) is 23.8. The monoisotopic (exact) mass is 458 g/mol. The first-order chi connectivity index (χ1) is 16.5. The summed E-state index contributed by atoms with van der Waals surface area (Å²) in [6, 6.07) is 12.2. The second kappa shape index (κ2) is 8.59. The fourth-order valence-corrected chi connectivity index (χ4v) is 4.19. The number of carbonyl (C=O) groups excluding carboxylic acids is 2. The Hall–Kier alpha value is -4.26. The molecule has 0 radical (unpaired) electrons. The molecule has 0 spiro atoms. The largest absolute Gasteiger partial charge is 0.493 e. The van der Waals surface area contributed by atoms with Crippen molar-refractivity contribution in [2.75, 3.05) is 13.7 Å². The molecule has 7 heteroatoms. The molecule has 0 saturated carbocycles. The highest BCUT2D eigenvalue weighted by Gasteiger charge is 2.40. The number of hydrogen-bond donors (Lipinski definition) is 0. The van der Waals surface area contributed by atoms with E-state index in [1.54, 1.807) is 43.5 Å². The molecule has 3 aromatic rings. The maximum absolute atomic E-state index is 13.1. The number of furan rings is 1. The summed E-state index contributed by atoms with van der Waals surface area (Å²) in [5.74, 6) is 1.25. The van der Waals surface area contributed by atoms with Gasteiger partial charge in [-0.05, 0) is 42.8 Å². The molecule has 3 heterocycles. The van der Waals surface area contributed by atoms with Crippen LogP contribution in [0.3, 0.4) is 0 Å². The molecule has 1 aromatic heterocycles. The second-order valence-corrected chi connectivity index (χ2v) is 8.16. The van der Waals surface area contributed by atoms with Gasteiger partial charge in [0.25, 0.3) is 0 Å². The number of allylic oxidation sites excluding steroid dienone is 1. The van der Waals surface area contributed by atoms with E-state index in [2.05, 4.69) is 6.58 Å². The van der Waals surface area contributed by atoms with Gasteiger partial charge in [-0.25, -0.2) is 0 Å². The Kier molecular flexibility index (Phi) is 5.45. The van der Waals surface area contributed by atoms with E-state index in [0.717, 1.165) is 11.1 Å². The predicted octanol–water partition coefficient (Wildman–Crippen LogP) is 5.30. The third-order valence-corrected chi connectivity index (χ3v) is 5.66. The number of para-hydroxylation sites is 1. The number of fused-ring (bicyclic) bond motifs is 3. The molecule has 0 amide bonds. The molecule has 1 unspecified atom stereocenters. The SMILES string of the molecule is C=C(C)COc1c(OC)cccc1C1CC(=O)Oc2ccc3c(c21)OC(=Cc1ccco1)C3=O. The molecule has 0 saturated heterocycles. The summed E-state index contributed by atoms with van der Waals surface area (Å²) >= 11 is 0. The molecule has 34 heavy (non-hydrogen) atoms. The average molecular weight is 458 g/mol. The van der Waals surface area contributed by atoms with Crippen LogP contribution in [0, 0.1) is 0 Å². The van der Waals surface area contributed by atoms with Crippen molar-refractivity contribution in [1.29, 1.82) is 0 Å². The van der Waals surface area contributed by atoms with E-state index in [-0.39, 0.29) is 30.5 Å². The normalized spacial score (nSPS) is 17.6. The summed E-state index contributed by atoms with van der Waals surface area (Å²) in [7, 11) is 1.56. The lowest BCUT2D eigenvalue weighted by molar-refractivity contribution is -0.135. The summed E-state index contributed by atoms with van der Waals surface area (Å²) in [5.41, 5.74) is 2.57. The van der Waals surface area contributed by atoms with Crippen molar-refractivity contribution in [2.45, 2.75) is 19.3 Å². The minimum absolute atomic E-state index is 0.0504. The van der Waals surface area contributed by atoms with E-state index < -0.39 is 5.92 Å². The van der Waals surface area contributed by atoms with Crippen molar-refractivity contribution >= 4 is 17.8 Å². The minimum Gasteiger partial charge on any atom is -0.493 e. The molecule has 2 aliphatic heterocycles. The van der Waals surface area contributed by atoms with Gasteiger partial charge < -0.3 is 23.4 Å². The molecule has 0 bridgehead atoms. The number of ether oxygens (including phenoxy) is 4. The summed E-state index contributed by atoms with van der Waals surface area (Å²) in [5, 5.41) is 0. The van der Waals surface area contributed by atoms with Gasteiger partial charge in [0.1, 0.15) is 23.9 Å². The quantitative estimate of drug-likeness (QED) is 0.214. The van der Waals surface area contributed by atoms with Gasteiger partial charge in [-0.2, -0.15) is 0 Å². The van der Waals surface area contributed by atoms with E-state index in [4.69, 9.17) is 23.4 Å². The van der Waals surface area contributed by atoms with Gasteiger partial charge in [-0.1, -0.05) is 18.7 Å². The lowest BCUT2D eigenvalue weighted by atomic mass is 9.84. The Balaban J connectivity index is 1.64. The number of methoxy groups -OCH3 is 1. The maximum atomic E-state index is 13.1. The van der Waals surface area contributed by atoms with E-state index in [9.17, 15) is 9.59 Å².